The van der Waals surface area contributed by atoms with Crippen LogP contribution in [0, 0.1) is 13.8 Å². The first-order valence-corrected chi connectivity index (χ1v) is 4.95. The van der Waals surface area contributed by atoms with E-state index in [9.17, 15) is 4.79 Å². The molecule has 0 aliphatic heterocycles. The van der Waals surface area contributed by atoms with Gasteiger partial charge in [0.2, 0.25) is 0 Å². The highest BCUT2D eigenvalue weighted by atomic mass is 16.4. The third-order valence-electron chi connectivity index (χ3n) is 2.63. The Morgan fingerprint density at radius 1 is 1.50 bits per heavy atom. The van der Waals surface area contributed by atoms with Gasteiger partial charge in [-0.2, -0.15) is 0 Å². The standard InChI is InChI=1S/C11H13N3O2/c1-6-8-4-3-5-9(10(12)11(15)16)14(8)7(2)13-6/h3-5,10H,12H2,1-2H3,(H,15,16). The lowest BCUT2D eigenvalue weighted by Gasteiger charge is -2.10. The molecule has 3 N–H and O–H groups in total. The smallest absolute Gasteiger partial charge is 0.326 e. The molecule has 16 heavy (non-hydrogen) atoms. The quantitative estimate of drug-likeness (QED) is 0.790. The summed E-state index contributed by atoms with van der Waals surface area (Å²) < 4.78 is 1.79. The van der Waals surface area contributed by atoms with E-state index in [2.05, 4.69) is 4.98 Å². The van der Waals surface area contributed by atoms with E-state index >= 15 is 0 Å². The summed E-state index contributed by atoms with van der Waals surface area (Å²) in [6.45, 7) is 3.72. The zero-order valence-electron chi connectivity index (χ0n) is 9.14. The molecule has 0 aliphatic carbocycles. The Hall–Kier alpha value is -1.88. The van der Waals surface area contributed by atoms with Gasteiger partial charge in [0.15, 0.2) is 0 Å². The molecule has 1 unspecified atom stereocenters. The number of aromatic nitrogens is 2. The van der Waals surface area contributed by atoms with E-state index in [-0.39, 0.29) is 0 Å². The van der Waals surface area contributed by atoms with Crippen LogP contribution in [0.2, 0.25) is 0 Å². The summed E-state index contributed by atoms with van der Waals surface area (Å²) in [5, 5.41) is 8.93. The summed E-state index contributed by atoms with van der Waals surface area (Å²) >= 11 is 0. The number of fused-ring (bicyclic) bond motifs is 1. The SMILES string of the molecule is Cc1nc(C)n2c(C(N)C(=O)O)cccc12. The summed E-state index contributed by atoms with van der Waals surface area (Å²) in [6.07, 6.45) is 0. The number of imidazole rings is 1. The molecule has 0 bridgehead atoms. The largest absolute Gasteiger partial charge is 0.480 e. The van der Waals surface area contributed by atoms with Gasteiger partial charge in [-0.15, -0.1) is 0 Å². The lowest BCUT2D eigenvalue weighted by Crippen LogP contribution is -2.23. The van der Waals surface area contributed by atoms with Gasteiger partial charge in [-0.1, -0.05) is 6.07 Å². The van der Waals surface area contributed by atoms with Crippen molar-refractivity contribution in [2.45, 2.75) is 19.9 Å². The second kappa shape index (κ2) is 3.61. The number of nitrogens with zero attached hydrogens (tertiary/aromatic N) is 2. The number of rotatable bonds is 2. The minimum absolute atomic E-state index is 0.545. The van der Waals surface area contributed by atoms with Crippen molar-refractivity contribution >= 4 is 11.5 Å². The third kappa shape index (κ3) is 1.45. The molecule has 2 heterocycles. The number of carbonyl (C=O) groups is 1. The Kier molecular flexibility index (Phi) is 2.40. The highest BCUT2D eigenvalue weighted by Crippen LogP contribution is 2.18. The number of nitrogens with two attached hydrogens (primary N) is 1. The number of carboxylic acids is 1. The molecule has 5 nitrogen and oxygen atoms in total. The van der Waals surface area contributed by atoms with Crippen LogP contribution < -0.4 is 5.73 Å². The molecule has 0 aliphatic rings. The van der Waals surface area contributed by atoms with Gasteiger partial charge in [-0.25, -0.2) is 4.98 Å². The number of hydrogen-bond donors (Lipinski definition) is 2. The van der Waals surface area contributed by atoms with Gasteiger partial charge in [-0.05, 0) is 26.0 Å². The van der Waals surface area contributed by atoms with Crippen LogP contribution in [-0.4, -0.2) is 20.5 Å². The molecule has 0 saturated carbocycles. The minimum atomic E-state index is -1.04. The summed E-state index contributed by atoms with van der Waals surface area (Å²) in [4.78, 5) is 15.2. The van der Waals surface area contributed by atoms with Crippen molar-refractivity contribution in [2.75, 3.05) is 0 Å². The van der Waals surface area contributed by atoms with E-state index < -0.39 is 12.0 Å². The third-order valence-corrected chi connectivity index (χ3v) is 2.63. The van der Waals surface area contributed by atoms with Crippen LogP contribution in [0.1, 0.15) is 23.3 Å². The molecule has 5 heteroatoms. The Morgan fingerprint density at radius 3 is 2.81 bits per heavy atom. The Morgan fingerprint density at radius 2 is 2.19 bits per heavy atom. The second-order valence-corrected chi connectivity index (χ2v) is 3.73. The fraction of sp³-hybridized carbons (Fsp3) is 0.273. The first kappa shape index (κ1) is 10.6. The van der Waals surface area contributed by atoms with Gasteiger partial charge in [0.25, 0.3) is 0 Å². The number of carboxylic acid groups (broad SMARTS) is 1. The van der Waals surface area contributed by atoms with E-state index in [0.29, 0.717) is 5.69 Å². The van der Waals surface area contributed by atoms with Crippen molar-refractivity contribution in [2.24, 2.45) is 5.73 Å². The molecular formula is C11H13N3O2. The minimum Gasteiger partial charge on any atom is -0.480 e. The van der Waals surface area contributed by atoms with Gasteiger partial charge in [0.1, 0.15) is 11.9 Å². The predicted molar refractivity (Wildman–Crippen MR) is 59.2 cm³/mol. The normalized spacial score (nSPS) is 12.9. The van der Waals surface area contributed by atoms with Crippen LogP contribution in [0.4, 0.5) is 0 Å². The lowest BCUT2D eigenvalue weighted by molar-refractivity contribution is -0.138. The molecule has 0 saturated heterocycles. The van der Waals surface area contributed by atoms with Gasteiger partial charge in [0, 0.05) is 0 Å². The van der Waals surface area contributed by atoms with Gasteiger partial charge >= 0.3 is 5.97 Å². The van der Waals surface area contributed by atoms with Crippen molar-refractivity contribution in [1.29, 1.82) is 0 Å². The Balaban J connectivity index is 2.75. The summed E-state index contributed by atoms with van der Waals surface area (Å²) in [5.74, 6) is -0.293. The maximum absolute atomic E-state index is 10.9. The average Bonchev–Trinajstić information content (AvgIpc) is 2.54. The van der Waals surface area contributed by atoms with Crippen molar-refractivity contribution in [3.63, 3.8) is 0 Å². The van der Waals surface area contributed by atoms with Gasteiger partial charge < -0.3 is 10.8 Å². The molecule has 2 aromatic rings. The summed E-state index contributed by atoms with van der Waals surface area (Å²) in [5.41, 5.74) is 7.95. The number of pyridine rings is 1. The molecule has 0 fully saturated rings. The first-order valence-electron chi connectivity index (χ1n) is 4.95. The molecule has 0 spiro atoms. The molecule has 0 aromatic carbocycles. The summed E-state index contributed by atoms with van der Waals surface area (Å²) in [6, 6.07) is 4.37. The molecule has 2 aromatic heterocycles. The number of aryl methyl sites for hydroxylation is 2. The highest BCUT2D eigenvalue weighted by Gasteiger charge is 2.19. The molecule has 0 amide bonds. The average molecular weight is 219 g/mol. The molecule has 2 rings (SSSR count). The van der Waals surface area contributed by atoms with E-state index in [1.807, 2.05) is 19.9 Å². The van der Waals surface area contributed by atoms with Crippen LogP contribution >= 0.6 is 0 Å². The highest BCUT2D eigenvalue weighted by molar-refractivity contribution is 5.75. The number of aliphatic carboxylic acids is 1. The lowest BCUT2D eigenvalue weighted by atomic mass is 10.2. The maximum atomic E-state index is 10.9. The van der Waals surface area contributed by atoms with Crippen molar-refractivity contribution in [1.82, 2.24) is 9.38 Å². The second-order valence-electron chi connectivity index (χ2n) is 3.73. The van der Waals surface area contributed by atoms with Crippen LogP contribution in [0.3, 0.4) is 0 Å². The molecule has 1 atom stereocenters. The number of hydrogen-bond acceptors (Lipinski definition) is 3. The fourth-order valence-electron chi connectivity index (χ4n) is 1.89. The predicted octanol–water partition coefficient (Wildman–Crippen LogP) is 1.04. The van der Waals surface area contributed by atoms with E-state index in [1.165, 1.54) is 0 Å². The van der Waals surface area contributed by atoms with Gasteiger partial charge in [-0.3, -0.25) is 9.20 Å². The van der Waals surface area contributed by atoms with Crippen LogP contribution in [0.15, 0.2) is 18.2 Å². The first-order chi connectivity index (χ1) is 7.52. The fourth-order valence-corrected chi connectivity index (χ4v) is 1.89. The van der Waals surface area contributed by atoms with E-state index in [1.54, 1.807) is 16.5 Å². The Bertz CT molecular complexity index is 560. The molecular weight excluding hydrogens is 206 g/mol. The monoisotopic (exact) mass is 219 g/mol. The van der Waals surface area contributed by atoms with Crippen molar-refractivity contribution in [3.8, 4) is 0 Å². The summed E-state index contributed by atoms with van der Waals surface area (Å²) in [7, 11) is 0. The zero-order valence-corrected chi connectivity index (χ0v) is 9.14. The van der Waals surface area contributed by atoms with Crippen molar-refractivity contribution < 1.29 is 9.90 Å². The zero-order chi connectivity index (χ0) is 11.9. The maximum Gasteiger partial charge on any atom is 0.326 e. The molecule has 84 valence electrons. The van der Waals surface area contributed by atoms with E-state index in [4.69, 9.17) is 10.8 Å². The van der Waals surface area contributed by atoms with Crippen LogP contribution in [-0.2, 0) is 4.79 Å². The van der Waals surface area contributed by atoms with Gasteiger partial charge in [0.05, 0.1) is 16.9 Å². The Labute approximate surface area is 92.5 Å². The van der Waals surface area contributed by atoms with Crippen LogP contribution in [0.5, 0.6) is 0 Å². The van der Waals surface area contributed by atoms with E-state index in [0.717, 1.165) is 17.0 Å². The molecule has 0 radical (unpaired) electrons. The topological polar surface area (TPSA) is 80.6 Å². The van der Waals surface area contributed by atoms with Crippen LogP contribution in [0.25, 0.3) is 5.52 Å². The van der Waals surface area contributed by atoms with Crippen molar-refractivity contribution in [3.05, 3.63) is 35.4 Å².